The highest BCUT2D eigenvalue weighted by Gasteiger charge is 2.40. The number of aromatic nitrogens is 1. The molecule has 0 radical (unpaired) electrons. The van der Waals surface area contributed by atoms with Crippen molar-refractivity contribution in [2.24, 2.45) is 5.73 Å². The van der Waals surface area contributed by atoms with Crippen molar-refractivity contribution < 1.29 is 13.9 Å². The molecule has 30 heavy (non-hydrogen) atoms. The molecule has 6 heteroatoms. The first-order valence-corrected chi connectivity index (χ1v) is 10.4. The number of urea groups is 1. The summed E-state index contributed by atoms with van der Waals surface area (Å²) in [5, 5.41) is 1.05. The number of carbonyl (C=O) groups is 1. The van der Waals surface area contributed by atoms with Crippen LogP contribution in [-0.2, 0) is 6.42 Å². The molecule has 0 atom stereocenters. The van der Waals surface area contributed by atoms with Crippen LogP contribution in [0.3, 0.4) is 0 Å². The van der Waals surface area contributed by atoms with Crippen molar-refractivity contribution in [1.29, 1.82) is 0 Å². The molecule has 2 aliphatic heterocycles. The van der Waals surface area contributed by atoms with E-state index >= 15 is 4.39 Å². The minimum absolute atomic E-state index is 0.293. The number of aryl methyl sites for hydroxylation is 2. The van der Waals surface area contributed by atoms with Crippen LogP contribution in [0.15, 0.2) is 42.6 Å². The van der Waals surface area contributed by atoms with E-state index in [0.717, 1.165) is 40.4 Å². The standard InChI is InChI=1S/C24H24FN3O2/c1-15-18(5-4-16-3-2-10-27-22(15)16)19-13-17-6-7-24(30-21(17)14-20(19)25)8-11-28(12-9-24)23(26)29/h2-5,10,13-14H,6-9,11-12H2,1H3,(H2,26,29). The van der Waals surface area contributed by atoms with Crippen LogP contribution in [0.2, 0.25) is 0 Å². The molecule has 2 amide bonds. The summed E-state index contributed by atoms with van der Waals surface area (Å²) in [5.74, 6) is 0.324. The Kier molecular flexibility index (Phi) is 4.38. The Labute approximate surface area is 174 Å². The van der Waals surface area contributed by atoms with Gasteiger partial charge in [0.05, 0.1) is 5.52 Å². The second kappa shape index (κ2) is 6.97. The molecule has 5 rings (SSSR count). The third-order valence-corrected chi connectivity index (χ3v) is 6.63. The van der Waals surface area contributed by atoms with Gasteiger partial charge in [-0.25, -0.2) is 9.18 Å². The maximum atomic E-state index is 15.2. The van der Waals surface area contributed by atoms with Crippen molar-refractivity contribution in [2.45, 2.75) is 38.2 Å². The predicted molar refractivity (Wildman–Crippen MR) is 114 cm³/mol. The van der Waals surface area contributed by atoms with Gasteiger partial charge in [0.25, 0.3) is 0 Å². The monoisotopic (exact) mass is 405 g/mol. The Morgan fingerprint density at radius 1 is 1.17 bits per heavy atom. The zero-order chi connectivity index (χ0) is 20.9. The maximum absolute atomic E-state index is 15.2. The largest absolute Gasteiger partial charge is 0.487 e. The molecule has 0 bridgehead atoms. The van der Waals surface area contributed by atoms with E-state index in [1.54, 1.807) is 11.1 Å². The molecule has 0 unspecified atom stereocenters. The molecular formula is C24H24FN3O2. The predicted octanol–water partition coefficient (Wildman–Crippen LogP) is 4.59. The molecule has 2 N–H and O–H groups in total. The van der Waals surface area contributed by atoms with E-state index in [1.165, 1.54) is 6.07 Å². The van der Waals surface area contributed by atoms with Crippen LogP contribution in [0.5, 0.6) is 5.75 Å². The first-order chi connectivity index (χ1) is 14.5. The molecule has 0 aliphatic carbocycles. The number of ether oxygens (including phenoxy) is 1. The van der Waals surface area contributed by atoms with Gasteiger partial charge in [-0.15, -0.1) is 0 Å². The number of primary amides is 1. The molecule has 1 aromatic heterocycles. The first kappa shape index (κ1) is 18.9. The number of piperidine rings is 1. The highest BCUT2D eigenvalue weighted by atomic mass is 19.1. The van der Waals surface area contributed by atoms with Gasteiger partial charge in [0.2, 0.25) is 0 Å². The van der Waals surface area contributed by atoms with Crippen LogP contribution in [0, 0.1) is 12.7 Å². The number of hydrogen-bond acceptors (Lipinski definition) is 3. The van der Waals surface area contributed by atoms with Crippen LogP contribution in [0.1, 0.15) is 30.4 Å². The maximum Gasteiger partial charge on any atom is 0.314 e. The molecule has 0 saturated carbocycles. The summed E-state index contributed by atoms with van der Waals surface area (Å²) in [6.07, 6.45) is 4.88. The molecule has 1 fully saturated rings. The molecule has 3 heterocycles. The molecular weight excluding hydrogens is 381 g/mol. The molecule has 1 saturated heterocycles. The number of benzene rings is 2. The molecule has 154 valence electrons. The SMILES string of the molecule is Cc1c(-c2cc3c(cc2F)OC2(CC3)CCN(C(N)=O)CC2)ccc2cccnc12. The molecule has 2 aliphatic rings. The van der Waals surface area contributed by atoms with Crippen molar-refractivity contribution in [2.75, 3.05) is 13.1 Å². The lowest BCUT2D eigenvalue weighted by Gasteiger charge is -2.44. The Morgan fingerprint density at radius 3 is 2.73 bits per heavy atom. The van der Waals surface area contributed by atoms with Crippen LogP contribution >= 0.6 is 0 Å². The number of fused-ring (bicyclic) bond motifs is 2. The fourth-order valence-corrected chi connectivity index (χ4v) is 4.81. The van der Waals surface area contributed by atoms with Crippen molar-refractivity contribution in [3.8, 4) is 16.9 Å². The summed E-state index contributed by atoms with van der Waals surface area (Å²) < 4.78 is 21.5. The van der Waals surface area contributed by atoms with Gasteiger partial charge in [0, 0.05) is 49.1 Å². The highest BCUT2D eigenvalue weighted by Crippen LogP contribution is 2.42. The number of likely N-dealkylation sites (tertiary alicyclic amines) is 1. The summed E-state index contributed by atoms with van der Waals surface area (Å²) in [5.41, 5.74) is 9.38. The van der Waals surface area contributed by atoms with Gasteiger partial charge in [-0.2, -0.15) is 0 Å². The van der Waals surface area contributed by atoms with Crippen molar-refractivity contribution in [3.63, 3.8) is 0 Å². The summed E-state index contributed by atoms with van der Waals surface area (Å²) in [4.78, 5) is 17.5. The van der Waals surface area contributed by atoms with E-state index in [4.69, 9.17) is 10.5 Å². The van der Waals surface area contributed by atoms with E-state index in [0.29, 0.717) is 37.2 Å². The number of halogens is 1. The number of nitrogens with two attached hydrogens (primary N) is 1. The van der Waals surface area contributed by atoms with Gasteiger partial charge < -0.3 is 15.4 Å². The smallest absolute Gasteiger partial charge is 0.314 e. The van der Waals surface area contributed by atoms with Crippen LogP contribution in [0.25, 0.3) is 22.0 Å². The number of amides is 2. The van der Waals surface area contributed by atoms with Gasteiger partial charge in [0.1, 0.15) is 17.2 Å². The third kappa shape index (κ3) is 3.07. The van der Waals surface area contributed by atoms with Gasteiger partial charge in [-0.1, -0.05) is 18.2 Å². The van der Waals surface area contributed by atoms with Crippen LogP contribution in [-0.4, -0.2) is 34.6 Å². The van der Waals surface area contributed by atoms with Crippen molar-refractivity contribution in [1.82, 2.24) is 9.88 Å². The number of pyridine rings is 1. The van der Waals surface area contributed by atoms with Gasteiger partial charge >= 0.3 is 6.03 Å². The summed E-state index contributed by atoms with van der Waals surface area (Å²) in [7, 11) is 0. The van der Waals surface area contributed by atoms with E-state index in [2.05, 4.69) is 4.98 Å². The Balaban J connectivity index is 1.47. The van der Waals surface area contributed by atoms with Crippen LogP contribution in [0.4, 0.5) is 9.18 Å². The van der Waals surface area contributed by atoms with Crippen molar-refractivity contribution in [3.05, 3.63) is 59.5 Å². The summed E-state index contributed by atoms with van der Waals surface area (Å²) >= 11 is 0. The minimum atomic E-state index is -0.392. The number of carbonyl (C=O) groups excluding carboxylic acids is 1. The zero-order valence-corrected chi connectivity index (χ0v) is 17.0. The van der Waals surface area contributed by atoms with Crippen LogP contribution < -0.4 is 10.5 Å². The van der Waals surface area contributed by atoms with Crippen molar-refractivity contribution >= 4 is 16.9 Å². The van der Waals surface area contributed by atoms with E-state index in [1.807, 2.05) is 37.3 Å². The Hall–Kier alpha value is -3.15. The lowest BCUT2D eigenvalue weighted by molar-refractivity contribution is -0.00494. The molecule has 3 aromatic rings. The fourth-order valence-electron chi connectivity index (χ4n) is 4.81. The lowest BCUT2D eigenvalue weighted by atomic mass is 9.82. The average molecular weight is 405 g/mol. The Morgan fingerprint density at radius 2 is 1.97 bits per heavy atom. The number of nitrogens with zero attached hydrogens (tertiary/aromatic N) is 2. The summed E-state index contributed by atoms with van der Waals surface area (Å²) in [6, 6.07) is 10.9. The lowest BCUT2D eigenvalue weighted by Crippen LogP contribution is -2.52. The average Bonchev–Trinajstić information content (AvgIpc) is 2.74. The quantitative estimate of drug-likeness (QED) is 0.644. The van der Waals surface area contributed by atoms with E-state index in [9.17, 15) is 4.79 Å². The topological polar surface area (TPSA) is 68.5 Å². The van der Waals surface area contributed by atoms with Gasteiger partial charge in [-0.3, -0.25) is 4.98 Å². The van der Waals surface area contributed by atoms with Gasteiger partial charge in [-0.05, 0) is 48.6 Å². The third-order valence-electron chi connectivity index (χ3n) is 6.63. The van der Waals surface area contributed by atoms with E-state index in [-0.39, 0.29) is 11.4 Å². The molecule has 2 aromatic carbocycles. The summed E-state index contributed by atoms with van der Waals surface area (Å²) in [6.45, 7) is 3.14. The number of hydrogen-bond donors (Lipinski definition) is 1. The Bertz CT molecular complexity index is 1150. The highest BCUT2D eigenvalue weighted by molar-refractivity contribution is 5.88. The first-order valence-electron chi connectivity index (χ1n) is 10.4. The van der Waals surface area contributed by atoms with Gasteiger partial charge in [0.15, 0.2) is 0 Å². The fraction of sp³-hybridized carbons (Fsp3) is 0.333. The second-order valence-electron chi connectivity index (χ2n) is 8.36. The molecule has 5 nitrogen and oxygen atoms in total. The van der Waals surface area contributed by atoms with E-state index < -0.39 is 6.03 Å². The normalized spacial score (nSPS) is 17.6. The minimum Gasteiger partial charge on any atom is -0.487 e. The molecule has 1 spiro atoms. The zero-order valence-electron chi connectivity index (χ0n) is 17.0. The number of rotatable bonds is 1. The second-order valence-corrected chi connectivity index (χ2v) is 8.36.